The molecule has 2 bridgehead atoms. The van der Waals surface area contributed by atoms with Crippen LogP contribution in [0.4, 0.5) is 10.5 Å². The van der Waals surface area contributed by atoms with Crippen LogP contribution < -0.4 is 33.2 Å². The smallest absolute Gasteiger partial charge is 0.312 e. The van der Waals surface area contributed by atoms with Gasteiger partial charge in [-0.1, -0.05) is 53.2 Å². The number of nitrogens with two attached hydrogens (primary N) is 3. The van der Waals surface area contributed by atoms with Gasteiger partial charge in [0, 0.05) is 45.6 Å². The summed E-state index contributed by atoms with van der Waals surface area (Å²) in [6.07, 6.45) is 4.31. The third-order valence-corrected chi connectivity index (χ3v) is 14.8. The Balaban J connectivity index is 1.42. The van der Waals surface area contributed by atoms with Crippen molar-refractivity contribution in [2.45, 2.75) is 147 Å². The summed E-state index contributed by atoms with van der Waals surface area (Å²) in [4.78, 5) is 85.0. The summed E-state index contributed by atoms with van der Waals surface area (Å²) in [7, 11) is 6.86. The number of nitrogens with one attached hydrogen (secondary N) is 3. The molecule has 2 saturated heterocycles. The van der Waals surface area contributed by atoms with Crippen LogP contribution in [-0.2, 0) is 39.9 Å². The molecule has 12 atom stereocenters. The minimum Gasteiger partial charge on any atom is -0.394 e. The van der Waals surface area contributed by atoms with Gasteiger partial charge in [-0.2, -0.15) is 0 Å². The summed E-state index contributed by atoms with van der Waals surface area (Å²) >= 11 is 0. The van der Waals surface area contributed by atoms with Gasteiger partial charge in [-0.05, 0) is 93.9 Å². The van der Waals surface area contributed by atoms with Crippen LogP contribution in [0.25, 0.3) is 0 Å². The van der Waals surface area contributed by atoms with Crippen molar-refractivity contribution in [2.75, 3.05) is 53.3 Å². The van der Waals surface area contributed by atoms with E-state index >= 15 is 0 Å². The zero-order valence-electron chi connectivity index (χ0n) is 40.2. The molecule has 1 saturated carbocycles. The lowest BCUT2D eigenvalue weighted by Gasteiger charge is -2.48. The first kappa shape index (κ1) is 53.3. The third-order valence-electron chi connectivity index (χ3n) is 14.8. The summed E-state index contributed by atoms with van der Waals surface area (Å²) in [6.45, 7) is 10.5. The molecule has 3 unspecified atom stereocenters. The molecule has 0 radical (unpaired) electrons. The number of carbonyl (C=O) groups is 6. The number of ether oxygens (including phenoxy) is 2. The Morgan fingerprint density at radius 1 is 1.03 bits per heavy atom. The van der Waals surface area contributed by atoms with E-state index in [-0.39, 0.29) is 60.8 Å². The van der Waals surface area contributed by atoms with Crippen molar-refractivity contribution >= 4 is 41.3 Å². The molecule has 10 N–H and O–H groups in total. The van der Waals surface area contributed by atoms with Gasteiger partial charge in [0.1, 0.15) is 0 Å². The number of primary amides is 2. The van der Waals surface area contributed by atoms with Gasteiger partial charge in [-0.15, -0.1) is 0 Å². The van der Waals surface area contributed by atoms with Crippen molar-refractivity contribution in [3.8, 4) is 0 Å². The largest absolute Gasteiger partial charge is 0.394 e. The van der Waals surface area contributed by atoms with Crippen LogP contribution in [0.3, 0.4) is 0 Å². The number of nitrogens with zero attached hydrogens (tertiary/aromatic N) is 3. The second kappa shape index (κ2) is 23.9. The Hall–Kier alpha value is -4.36. The minimum atomic E-state index is -0.803. The molecule has 7 amide bonds. The van der Waals surface area contributed by atoms with Gasteiger partial charge in [0.2, 0.25) is 29.5 Å². The van der Waals surface area contributed by atoms with Gasteiger partial charge in [0.05, 0.1) is 67.3 Å². The number of aliphatic hydroxyl groups excluding tert-OH is 1. The van der Waals surface area contributed by atoms with Gasteiger partial charge < -0.3 is 57.5 Å². The standard InChI is InChI=1S/C47H79N9O9/c1-10-28(4)39(54(6)45(62)38(27(2)3)47-19-18-31(25-47)40(42(49)59)55(47)7)36(64-8)24-37(58)56-21-13-17-35(56)41(65-9)29(5)43(60)53-33(26-57)23-30-14-11-15-32(22-30)52-44(61)34(48)16-12-20-51-46(50)63/h11,14-15,22,27-29,31,33-36,38-41,57H,10,12-13,16-21,23-26,48H2,1-9H3,(H2,49,59)(H,52,61)(H,53,60)(H3,50,51,63)/t28-,29+,31?,33-,34-,35-,36+,38+,39-,40?,41+,47?/m0/s1. The Morgan fingerprint density at radius 2 is 1.74 bits per heavy atom. The molecule has 65 heavy (non-hydrogen) atoms. The van der Waals surface area contributed by atoms with Crippen molar-refractivity contribution in [1.82, 2.24) is 25.3 Å². The average molecular weight is 914 g/mol. The molecule has 1 aliphatic carbocycles. The number of carbonyl (C=O) groups excluding carboxylic acids is 6. The van der Waals surface area contributed by atoms with Gasteiger partial charge in [-0.25, -0.2) is 4.79 Å². The highest BCUT2D eigenvalue weighted by atomic mass is 16.5. The summed E-state index contributed by atoms with van der Waals surface area (Å²) in [5.74, 6) is -2.27. The number of hydrogen-bond donors (Lipinski definition) is 7. The fraction of sp³-hybridized carbons (Fsp3) is 0.745. The molecule has 3 aliphatic rings. The van der Waals surface area contributed by atoms with Crippen molar-refractivity contribution in [2.24, 2.45) is 46.8 Å². The summed E-state index contributed by atoms with van der Waals surface area (Å²) in [6, 6.07) is 3.73. The van der Waals surface area contributed by atoms with Crippen LogP contribution in [0, 0.1) is 29.6 Å². The maximum Gasteiger partial charge on any atom is 0.312 e. The Morgan fingerprint density at radius 3 is 2.32 bits per heavy atom. The van der Waals surface area contributed by atoms with E-state index in [0.29, 0.717) is 38.0 Å². The fourth-order valence-corrected chi connectivity index (χ4v) is 11.3. The van der Waals surface area contributed by atoms with Gasteiger partial charge in [0.25, 0.3) is 0 Å². The van der Waals surface area contributed by atoms with Gasteiger partial charge >= 0.3 is 6.03 Å². The van der Waals surface area contributed by atoms with Crippen molar-refractivity contribution in [3.05, 3.63) is 29.8 Å². The number of aliphatic hydroxyl groups is 1. The Bertz CT molecular complexity index is 1800. The van der Waals surface area contributed by atoms with E-state index in [1.807, 2.05) is 20.2 Å². The predicted molar refractivity (Wildman–Crippen MR) is 248 cm³/mol. The van der Waals surface area contributed by atoms with Crippen LogP contribution in [0.1, 0.15) is 98.0 Å². The Kier molecular flexibility index (Phi) is 19.6. The van der Waals surface area contributed by atoms with E-state index in [1.165, 1.54) is 7.11 Å². The van der Waals surface area contributed by atoms with E-state index in [1.54, 1.807) is 42.0 Å². The van der Waals surface area contributed by atoms with Crippen LogP contribution in [-0.4, -0.2) is 151 Å². The van der Waals surface area contributed by atoms with Gasteiger partial charge in [-0.3, -0.25) is 28.9 Å². The topological polar surface area (TPSA) is 265 Å². The molecule has 0 aromatic heterocycles. The number of benzene rings is 1. The second-order valence-electron chi connectivity index (χ2n) is 19.2. The SMILES string of the molecule is CC[C@H](C)[C@@H]([C@@H](CC(=O)N1CCC[C@H]1[C@H](OC)[C@@H](C)C(=O)N[C@H](CO)Cc1cccc(NC(=O)[C@@H](N)CCCNC(N)=O)c1)OC)N(C)C(=O)[C@@H](C(C)C)C12CCC(C1)C(C(N)=O)N2C. The molecule has 18 heteroatoms. The van der Waals surface area contributed by atoms with Gasteiger partial charge in [0.15, 0.2) is 0 Å². The highest BCUT2D eigenvalue weighted by molar-refractivity contribution is 5.94. The molecule has 0 spiro atoms. The van der Waals surface area contributed by atoms with Crippen molar-refractivity contribution in [1.29, 1.82) is 0 Å². The molecule has 3 fully saturated rings. The first-order chi connectivity index (χ1) is 30.8. The zero-order chi connectivity index (χ0) is 48.3. The fourth-order valence-electron chi connectivity index (χ4n) is 11.3. The monoisotopic (exact) mass is 914 g/mol. The number of hydrogen-bond acceptors (Lipinski definition) is 11. The number of rotatable bonds is 25. The van der Waals surface area contributed by atoms with E-state index in [4.69, 9.17) is 26.7 Å². The highest BCUT2D eigenvalue weighted by Crippen LogP contribution is 2.55. The van der Waals surface area contributed by atoms with Crippen molar-refractivity contribution in [3.63, 3.8) is 0 Å². The van der Waals surface area contributed by atoms with Crippen LogP contribution in [0.5, 0.6) is 0 Å². The molecule has 1 aromatic carbocycles. The number of methoxy groups -OCH3 is 2. The van der Waals surface area contributed by atoms with Crippen molar-refractivity contribution < 1.29 is 43.3 Å². The summed E-state index contributed by atoms with van der Waals surface area (Å²) in [5.41, 5.74) is 17.8. The van der Waals surface area contributed by atoms with E-state index < -0.39 is 71.7 Å². The normalized spacial score (nSPS) is 24.4. The molecule has 1 aromatic rings. The minimum absolute atomic E-state index is 0.0127. The third kappa shape index (κ3) is 12.6. The number of amides is 7. The molecule has 18 nitrogen and oxygen atoms in total. The first-order valence-electron chi connectivity index (χ1n) is 23.5. The Labute approximate surface area is 385 Å². The van der Waals surface area contributed by atoms with E-state index in [2.05, 4.69) is 48.5 Å². The lowest BCUT2D eigenvalue weighted by molar-refractivity contribution is -0.153. The number of anilines is 1. The van der Waals surface area contributed by atoms with Crippen LogP contribution >= 0.6 is 0 Å². The second-order valence-corrected chi connectivity index (χ2v) is 19.2. The molecular formula is C47H79N9O9. The number of likely N-dealkylation sites (N-methyl/N-ethyl adjacent to an activating group) is 2. The lowest BCUT2D eigenvalue weighted by atomic mass is 9.74. The maximum atomic E-state index is 14.9. The van der Waals surface area contributed by atoms with E-state index in [0.717, 1.165) is 37.7 Å². The molecule has 4 rings (SSSR count). The van der Waals surface area contributed by atoms with E-state index in [9.17, 15) is 33.9 Å². The highest BCUT2D eigenvalue weighted by Gasteiger charge is 2.62. The zero-order valence-corrected chi connectivity index (χ0v) is 40.2. The molecule has 2 heterocycles. The predicted octanol–water partition coefficient (Wildman–Crippen LogP) is 1.95. The van der Waals surface area contributed by atoms with Crippen LogP contribution in [0.15, 0.2) is 24.3 Å². The molecule has 2 aliphatic heterocycles. The number of piperidine rings is 1. The lowest BCUT2D eigenvalue weighted by Crippen LogP contribution is -2.61. The average Bonchev–Trinajstić information content (AvgIpc) is 3.99. The molecular weight excluding hydrogens is 835 g/mol. The number of likely N-dealkylation sites (tertiary alicyclic amines) is 2. The molecule has 366 valence electrons. The quantitative estimate of drug-likeness (QED) is 0.0698. The van der Waals surface area contributed by atoms with Crippen LogP contribution in [0.2, 0.25) is 0 Å². The first-order valence-corrected chi connectivity index (χ1v) is 23.5. The summed E-state index contributed by atoms with van der Waals surface area (Å²) < 4.78 is 12.1. The maximum absolute atomic E-state index is 14.9. The number of urea groups is 1. The number of fused-ring (bicyclic) bond motifs is 2. The summed E-state index contributed by atoms with van der Waals surface area (Å²) in [5, 5.41) is 18.6.